The maximum atomic E-state index is 11.6. The smallest absolute Gasteiger partial charge is 0.238 e. The number of amides is 1. The first-order valence-electron chi connectivity index (χ1n) is 6.17. The van der Waals surface area contributed by atoms with Crippen LogP contribution in [0.15, 0.2) is 24.3 Å². The Morgan fingerprint density at radius 2 is 2.11 bits per heavy atom. The zero-order valence-corrected chi connectivity index (χ0v) is 12.3. The number of rotatable bonds is 9. The van der Waals surface area contributed by atoms with E-state index in [4.69, 9.17) is 16.7 Å². The third-order valence-corrected chi connectivity index (χ3v) is 3.70. The highest BCUT2D eigenvalue weighted by atomic mass is 35.5. The molecule has 0 saturated carbocycles. The van der Waals surface area contributed by atoms with Gasteiger partial charge in [0.25, 0.3) is 0 Å². The Morgan fingerprint density at radius 1 is 1.32 bits per heavy atom. The van der Waals surface area contributed by atoms with Gasteiger partial charge in [-0.2, -0.15) is 11.8 Å². The second-order valence-corrected chi connectivity index (χ2v) is 5.53. The van der Waals surface area contributed by atoms with Gasteiger partial charge in [0.1, 0.15) is 0 Å². The minimum absolute atomic E-state index is 0.103. The van der Waals surface area contributed by atoms with Crippen LogP contribution >= 0.6 is 23.4 Å². The first-order chi connectivity index (χ1) is 9.24. The number of anilines is 1. The largest absolute Gasteiger partial charge is 0.396 e. The maximum absolute atomic E-state index is 11.6. The molecule has 1 amide bonds. The average molecular weight is 303 g/mol. The van der Waals surface area contributed by atoms with Crippen LogP contribution in [0, 0.1) is 0 Å². The summed E-state index contributed by atoms with van der Waals surface area (Å²) >= 11 is 7.70. The molecule has 0 spiro atoms. The molecule has 0 aromatic heterocycles. The van der Waals surface area contributed by atoms with E-state index in [2.05, 4.69) is 10.6 Å². The lowest BCUT2D eigenvalue weighted by Crippen LogP contribution is -2.29. The van der Waals surface area contributed by atoms with E-state index >= 15 is 0 Å². The van der Waals surface area contributed by atoms with Crippen molar-refractivity contribution in [2.24, 2.45) is 0 Å². The van der Waals surface area contributed by atoms with Crippen molar-refractivity contribution < 1.29 is 9.90 Å². The molecule has 0 radical (unpaired) electrons. The van der Waals surface area contributed by atoms with Crippen LogP contribution in [0.5, 0.6) is 0 Å². The summed E-state index contributed by atoms with van der Waals surface area (Å²) in [6.45, 7) is 1.28. The Balaban J connectivity index is 2.10. The van der Waals surface area contributed by atoms with Gasteiger partial charge in [0, 0.05) is 18.9 Å². The molecule has 0 unspecified atom stereocenters. The van der Waals surface area contributed by atoms with E-state index in [9.17, 15) is 4.79 Å². The summed E-state index contributed by atoms with van der Waals surface area (Å²) in [5.74, 6) is 1.78. The molecule has 6 heteroatoms. The van der Waals surface area contributed by atoms with E-state index in [1.807, 2.05) is 12.1 Å². The maximum Gasteiger partial charge on any atom is 0.238 e. The standard InChI is InChI=1S/C13H19ClN2O2S/c14-11-4-1-2-5-12(11)16-13(18)10-15-6-9-19-8-3-7-17/h1-2,4-5,15,17H,3,6-10H2,(H,16,18). The first kappa shape index (κ1) is 16.3. The number of para-hydroxylation sites is 1. The topological polar surface area (TPSA) is 61.4 Å². The van der Waals surface area contributed by atoms with Crippen LogP contribution < -0.4 is 10.6 Å². The Bertz CT molecular complexity index is 391. The Kier molecular flexibility index (Phi) is 8.66. The van der Waals surface area contributed by atoms with E-state index < -0.39 is 0 Å². The second kappa shape index (κ2) is 10.1. The first-order valence-corrected chi connectivity index (χ1v) is 7.71. The predicted molar refractivity (Wildman–Crippen MR) is 82.0 cm³/mol. The second-order valence-electron chi connectivity index (χ2n) is 3.89. The van der Waals surface area contributed by atoms with Crippen LogP contribution in [0.1, 0.15) is 6.42 Å². The highest BCUT2D eigenvalue weighted by Crippen LogP contribution is 2.19. The van der Waals surface area contributed by atoms with E-state index in [1.54, 1.807) is 23.9 Å². The third-order valence-electron chi connectivity index (χ3n) is 2.30. The van der Waals surface area contributed by atoms with Crippen molar-refractivity contribution in [2.45, 2.75) is 6.42 Å². The fourth-order valence-electron chi connectivity index (χ4n) is 1.37. The fourth-order valence-corrected chi connectivity index (χ4v) is 2.38. The molecule has 1 aromatic carbocycles. The van der Waals surface area contributed by atoms with Gasteiger partial charge in [-0.3, -0.25) is 4.79 Å². The molecule has 0 aliphatic carbocycles. The number of hydrogen-bond acceptors (Lipinski definition) is 4. The van der Waals surface area contributed by atoms with Crippen molar-refractivity contribution in [1.29, 1.82) is 0 Å². The van der Waals surface area contributed by atoms with Gasteiger partial charge < -0.3 is 15.7 Å². The molecule has 1 aromatic rings. The molecule has 0 aliphatic heterocycles. The molecule has 4 nitrogen and oxygen atoms in total. The normalized spacial score (nSPS) is 10.4. The lowest BCUT2D eigenvalue weighted by atomic mass is 10.3. The van der Waals surface area contributed by atoms with Crippen molar-refractivity contribution in [2.75, 3.05) is 36.5 Å². The van der Waals surface area contributed by atoms with Gasteiger partial charge in [0.2, 0.25) is 5.91 Å². The van der Waals surface area contributed by atoms with E-state index in [0.717, 1.165) is 24.5 Å². The minimum atomic E-state index is -0.103. The summed E-state index contributed by atoms with van der Waals surface area (Å²) in [7, 11) is 0. The summed E-state index contributed by atoms with van der Waals surface area (Å²) in [6, 6.07) is 7.15. The van der Waals surface area contributed by atoms with E-state index in [0.29, 0.717) is 10.7 Å². The Labute approximate surface area is 122 Å². The number of carbonyl (C=O) groups excluding carboxylic acids is 1. The van der Waals surface area contributed by atoms with Crippen LogP contribution in [0.2, 0.25) is 5.02 Å². The SMILES string of the molecule is O=C(CNCCSCCCO)Nc1ccccc1Cl. The number of halogens is 1. The minimum Gasteiger partial charge on any atom is -0.396 e. The van der Waals surface area contributed by atoms with Crippen molar-refractivity contribution in [3.05, 3.63) is 29.3 Å². The summed E-state index contributed by atoms with van der Waals surface area (Å²) in [6.07, 6.45) is 0.817. The molecule has 3 N–H and O–H groups in total. The molecular weight excluding hydrogens is 284 g/mol. The monoisotopic (exact) mass is 302 g/mol. The fraction of sp³-hybridized carbons (Fsp3) is 0.462. The zero-order chi connectivity index (χ0) is 13.9. The van der Waals surface area contributed by atoms with Crippen LogP contribution in [0.4, 0.5) is 5.69 Å². The van der Waals surface area contributed by atoms with Gasteiger partial charge in [-0.25, -0.2) is 0 Å². The predicted octanol–water partition coefficient (Wildman–Crippen LogP) is 1.98. The van der Waals surface area contributed by atoms with Crippen molar-refractivity contribution in [3.8, 4) is 0 Å². The Hall–Kier alpha value is -0.750. The van der Waals surface area contributed by atoms with Crippen LogP contribution in [0.25, 0.3) is 0 Å². The van der Waals surface area contributed by atoms with Gasteiger partial charge >= 0.3 is 0 Å². The number of benzene rings is 1. The van der Waals surface area contributed by atoms with Crippen molar-refractivity contribution in [1.82, 2.24) is 5.32 Å². The summed E-state index contributed by atoms with van der Waals surface area (Å²) in [5.41, 5.74) is 0.633. The summed E-state index contributed by atoms with van der Waals surface area (Å²) in [4.78, 5) is 11.6. The molecule has 0 aliphatic rings. The molecule has 19 heavy (non-hydrogen) atoms. The molecule has 0 heterocycles. The molecule has 0 saturated heterocycles. The van der Waals surface area contributed by atoms with Gasteiger partial charge in [0.15, 0.2) is 0 Å². The van der Waals surface area contributed by atoms with E-state index in [-0.39, 0.29) is 19.1 Å². The quantitative estimate of drug-likeness (QED) is 0.611. The number of carbonyl (C=O) groups is 1. The number of aliphatic hydroxyl groups excluding tert-OH is 1. The number of thioether (sulfide) groups is 1. The molecule has 0 fully saturated rings. The van der Waals surface area contributed by atoms with E-state index in [1.165, 1.54) is 0 Å². The van der Waals surface area contributed by atoms with Gasteiger partial charge in [-0.1, -0.05) is 23.7 Å². The number of nitrogens with one attached hydrogen (secondary N) is 2. The van der Waals surface area contributed by atoms with Crippen LogP contribution in [0.3, 0.4) is 0 Å². The van der Waals surface area contributed by atoms with Crippen LogP contribution in [-0.2, 0) is 4.79 Å². The highest BCUT2D eigenvalue weighted by Gasteiger charge is 2.04. The Morgan fingerprint density at radius 3 is 2.84 bits per heavy atom. The summed E-state index contributed by atoms with van der Waals surface area (Å²) < 4.78 is 0. The number of hydrogen-bond donors (Lipinski definition) is 3. The molecule has 0 atom stereocenters. The lowest BCUT2D eigenvalue weighted by Gasteiger charge is -2.07. The highest BCUT2D eigenvalue weighted by molar-refractivity contribution is 7.99. The summed E-state index contributed by atoms with van der Waals surface area (Å²) in [5, 5.41) is 15.0. The molecule has 0 bridgehead atoms. The van der Waals surface area contributed by atoms with Gasteiger partial charge in [0.05, 0.1) is 17.3 Å². The third kappa shape index (κ3) is 7.42. The van der Waals surface area contributed by atoms with Gasteiger partial charge in [-0.15, -0.1) is 0 Å². The molecular formula is C13H19ClN2O2S. The van der Waals surface area contributed by atoms with Crippen LogP contribution in [-0.4, -0.2) is 42.2 Å². The van der Waals surface area contributed by atoms with Crippen molar-refractivity contribution >= 4 is 35.0 Å². The lowest BCUT2D eigenvalue weighted by molar-refractivity contribution is -0.115. The van der Waals surface area contributed by atoms with Crippen molar-refractivity contribution in [3.63, 3.8) is 0 Å². The number of aliphatic hydroxyl groups is 1. The zero-order valence-electron chi connectivity index (χ0n) is 10.7. The average Bonchev–Trinajstić information content (AvgIpc) is 2.40. The van der Waals surface area contributed by atoms with Gasteiger partial charge in [-0.05, 0) is 24.3 Å². The molecule has 106 valence electrons. The molecule has 1 rings (SSSR count).